The third-order valence-corrected chi connectivity index (χ3v) is 5.73. The summed E-state index contributed by atoms with van der Waals surface area (Å²) in [5.74, 6) is 1.46. The summed E-state index contributed by atoms with van der Waals surface area (Å²) in [5.41, 5.74) is 2.85. The van der Waals surface area contributed by atoms with E-state index in [0.29, 0.717) is 31.2 Å². The molecule has 1 aromatic heterocycles. The van der Waals surface area contributed by atoms with Crippen molar-refractivity contribution in [2.75, 3.05) is 13.2 Å². The summed E-state index contributed by atoms with van der Waals surface area (Å²) in [6, 6.07) is 22.5. The Morgan fingerprint density at radius 3 is 2.48 bits per heavy atom. The summed E-state index contributed by atoms with van der Waals surface area (Å²) < 4.78 is 13.8. The number of fused-ring (bicyclic) bond motifs is 1. The molecule has 1 N–H and O–H groups in total. The Bertz CT molecular complexity index is 1260. The number of oxime groups is 1. The number of nitrogens with zero attached hydrogens (tertiary/aromatic N) is 2. The van der Waals surface area contributed by atoms with Crippen LogP contribution in [0.15, 0.2) is 82.7 Å². The Kier molecular flexibility index (Phi) is 6.33. The molecule has 0 aliphatic rings. The predicted octanol–water partition coefficient (Wildman–Crippen LogP) is 4.77. The van der Waals surface area contributed by atoms with E-state index in [2.05, 4.69) is 5.16 Å². The lowest BCUT2D eigenvalue weighted by molar-refractivity contribution is 0.294. The third-order valence-electron chi connectivity index (χ3n) is 4.79. The molecule has 3 aromatic carbocycles. The minimum atomic E-state index is -0.0546. The van der Waals surface area contributed by atoms with Gasteiger partial charge in [0.15, 0.2) is 0 Å². The van der Waals surface area contributed by atoms with E-state index in [1.807, 2.05) is 79.7 Å². The minimum absolute atomic E-state index is 0.0546. The van der Waals surface area contributed by atoms with E-state index in [-0.39, 0.29) is 4.87 Å². The van der Waals surface area contributed by atoms with Crippen molar-refractivity contribution >= 4 is 27.3 Å². The van der Waals surface area contributed by atoms with Crippen molar-refractivity contribution in [3.63, 3.8) is 0 Å². The average Bonchev–Trinajstić information content (AvgIpc) is 3.10. The maximum atomic E-state index is 12.6. The van der Waals surface area contributed by atoms with Crippen molar-refractivity contribution in [2.45, 2.75) is 13.5 Å². The van der Waals surface area contributed by atoms with E-state index in [0.717, 1.165) is 27.1 Å². The van der Waals surface area contributed by atoms with Gasteiger partial charge in [-0.3, -0.25) is 9.36 Å². The van der Waals surface area contributed by atoms with Gasteiger partial charge in [-0.25, -0.2) is 0 Å². The van der Waals surface area contributed by atoms with Crippen molar-refractivity contribution in [1.82, 2.24) is 4.57 Å². The normalized spacial score (nSPS) is 11.6. The number of rotatable bonds is 8. The molecule has 0 atom stereocenters. The van der Waals surface area contributed by atoms with Gasteiger partial charge in [0.25, 0.3) is 0 Å². The zero-order valence-electron chi connectivity index (χ0n) is 17.0. The first-order valence-electron chi connectivity index (χ1n) is 9.96. The summed E-state index contributed by atoms with van der Waals surface area (Å²) in [6.07, 6.45) is 0. The highest BCUT2D eigenvalue weighted by Crippen LogP contribution is 2.22. The molecule has 1 heterocycles. The van der Waals surface area contributed by atoms with Crippen molar-refractivity contribution < 1.29 is 14.7 Å². The number of hydrogen-bond acceptors (Lipinski definition) is 6. The Morgan fingerprint density at radius 1 is 0.968 bits per heavy atom. The van der Waals surface area contributed by atoms with Crippen LogP contribution in [0.2, 0.25) is 0 Å². The average molecular weight is 435 g/mol. The van der Waals surface area contributed by atoms with Crippen molar-refractivity contribution in [2.24, 2.45) is 5.16 Å². The molecule has 4 aromatic rings. The summed E-state index contributed by atoms with van der Waals surface area (Å²) in [5, 5.41) is 13.0. The molecule has 0 amide bonds. The van der Waals surface area contributed by atoms with Crippen LogP contribution < -0.4 is 14.3 Å². The molecule has 0 spiro atoms. The Balaban J connectivity index is 1.53. The largest absolute Gasteiger partial charge is 0.494 e. The molecule has 0 saturated heterocycles. The molecule has 6 nitrogen and oxygen atoms in total. The standard InChI is InChI=1S/C24H22N2O4S/c1-2-29-19-9-6-10-20(16-19)30-14-13-26-21-12-11-18(15-22(21)31-24(26)27)23(25-28)17-7-4-3-5-8-17/h3-12,15-16,28H,2,13-14H2,1H3. The van der Waals surface area contributed by atoms with Gasteiger partial charge in [-0.05, 0) is 31.2 Å². The number of hydrogen-bond donors (Lipinski definition) is 1. The lowest BCUT2D eigenvalue weighted by Crippen LogP contribution is -2.17. The number of benzene rings is 3. The molecule has 0 aliphatic carbocycles. The highest BCUT2D eigenvalue weighted by molar-refractivity contribution is 7.16. The quantitative estimate of drug-likeness (QED) is 0.246. The zero-order chi connectivity index (χ0) is 21.6. The van der Waals surface area contributed by atoms with Gasteiger partial charge in [0.2, 0.25) is 0 Å². The van der Waals surface area contributed by atoms with E-state index in [4.69, 9.17) is 9.47 Å². The fourth-order valence-electron chi connectivity index (χ4n) is 3.38. The lowest BCUT2D eigenvalue weighted by atomic mass is 10.0. The van der Waals surface area contributed by atoms with Gasteiger partial charge < -0.3 is 14.7 Å². The molecule has 0 fully saturated rings. The monoisotopic (exact) mass is 434 g/mol. The van der Waals surface area contributed by atoms with E-state index in [1.165, 1.54) is 11.3 Å². The molecular weight excluding hydrogens is 412 g/mol. The van der Waals surface area contributed by atoms with Crippen LogP contribution in [0, 0.1) is 0 Å². The van der Waals surface area contributed by atoms with Crippen LogP contribution in [0.25, 0.3) is 10.2 Å². The van der Waals surface area contributed by atoms with Crippen molar-refractivity contribution in [3.8, 4) is 11.5 Å². The fraction of sp³-hybridized carbons (Fsp3) is 0.167. The van der Waals surface area contributed by atoms with E-state index >= 15 is 0 Å². The fourth-order valence-corrected chi connectivity index (χ4v) is 4.34. The Hall–Kier alpha value is -3.58. The van der Waals surface area contributed by atoms with Gasteiger partial charge in [0.1, 0.15) is 23.8 Å². The maximum Gasteiger partial charge on any atom is 0.308 e. The first kappa shape index (κ1) is 20.7. The SMILES string of the molecule is CCOc1cccc(OCCn2c(=O)sc3cc(C(=NO)c4ccccc4)ccc32)c1. The molecular formula is C24H22N2O4S. The predicted molar refractivity (Wildman–Crippen MR) is 123 cm³/mol. The summed E-state index contributed by atoms with van der Waals surface area (Å²) in [7, 11) is 0. The first-order chi connectivity index (χ1) is 15.2. The molecule has 7 heteroatoms. The maximum absolute atomic E-state index is 12.6. The number of aromatic nitrogens is 1. The van der Waals surface area contributed by atoms with Crippen LogP contribution in [0.4, 0.5) is 0 Å². The van der Waals surface area contributed by atoms with Crippen LogP contribution in [0.1, 0.15) is 18.1 Å². The van der Waals surface area contributed by atoms with E-state index in [9.17, 15) is 10.0 Å². The smallest absolute Gasteiger partial charge is 0.308 e. The highest BCUT2D eigenvalue weighted by Gasteiger charge is 2.13. The van der Waals surface area contributed by atoms with Crippen LogP contribution in [0.5, 0.6) is 11.5 Å². The summed E-state index contributed by atoms with van der Waals surface area (Å²) in [4.78, 5) is 12.5. The van der Waals surface area contributed by atoms with Crippen molar-refractivity contribution in [3.05, 3.63) is 93.6 Å². The molecule has 0 saturated carbocycles. The molecule has 158 valence electrons. The molecule has 31 heavy (non-hydrogen) atoms. The minimum Gasteiger partial charge on any atom is -0.494 e. The van der Waals surface area contributed by atoms with E-state index < -0.39 is 0 Å². The van der Waals surface area contributed by atoms with E-state index in [1.54, 1.807) is 4.57 Å². The topological polar surface area (TPSA) is 73.0 Å². The van der Waals surface area contributed by atoms with Gasteiger partial charge >= 0.3 is 4.87 Å². The molecule has 0 unspecified atom stereocenters. The van der Waals surface area contributed by atoms with Crippen LogP contribution in [-0.4, -0.2) is 28.7 Å². The molecule has 0 aliphatic heterocycles. The number of thiazole rings is 1. The van der Waals surface area contributed by atoms with Gasteiger partial charge in [-0.1, -0.05) is 59.0 Å². The number of ether oxygens (including phenoxy) is 2. The molecule has 0 radical (unpaired) electrons. The third kappa shape index (κ3) is 4.62. The highest BCUT2D eigenvalue weighted by atomic mass is 32.1. The first-order valence-corrected chi connectivity index (χ1v) is 10.8. The van der Waals surface area contributed by atoms with Crippen LogP contribution in [0.3, 0.4) is 0 Å². The summed E-state index contributed by atoms with van der Waals surface area (Å²) in [6.45, 7) is 3.31. The zero-order valence-corrected chi connectivity index (χ0v) is 17.8. The molecule has 0 bridgehead atoms. The second kappa shape index (κ2) is 9.49. The Labute approximate surface area is 183 Å². The van der Waals surface area contributed by atoms with Crippen LogP contribution >= 0.6 is 11.3 Å². The Morgan fingerprint density at radius 2 is 1.74 bits per heavy atom. The van der Waals surface area contributed by atoms with Gasteiger partial charge in [0, 0.05) is 17.2 Å². The molecule has 4 rings (SSSR count). The lowest BCUT2D eigenvalue weighted by Gasteiger charge is -2.10. The van der Waals surface area contributed by atoms with Crippen LogP contribution in [-0.2, 0) is 6.54 Å². The second-order valence-electron chi connectivity index (χ2n) is 6.77. The van der Waals surface area contributed by atoms with Gasteiger partial charge in [-0.2, -0.15) is 0 Å². The van der Waals surface area contributed by atoms with Gasteiger partial charge in [-0.15, -0.1) is 0 Å². The van der Waals surface area contributed by atoms with Crippen molar-refractivity contribution in [1.29, 1.82) is 0 Å². The summed E-state index contributed by atoms with van der Waals surface area (Å²) >= 11 is 1.17. The second-order valence-corrected chi connectivity index (χ2v) is 7.77. The van der Waals surface area contributed by atoms with Gasteiger partial charge in [0.05, 0.1) is 23.4 Å².